The SMILES string of the molecule is Nc1cccc(NS(=O)(=O)c2ccc(Br)cc2Br)c1. The molecule has 0 saturated heterocycles. The molecule has 0 spiro atoms. The zero-order chi connectivity index (χ0) is 14.0. The van der Waals surface area contributed by atoms with Crippen molar-refractivity contribution >= 4 is 53.3 Å². The van der Waals surface area contributed by atoms with Crippen LogP contribution in [0.25, 0.3) is 0 Å². The van der Waals surface area contributed by atoms with Gasteiger partial charge in [0, 0.05) is 14.6 Å². The summed E-state index contributed by atoms with van der Waals surface area (Å²) >= 11 is 6.51. The molecule has 0 saturated carbocycles. The molecule has 0 aliphatic heterocycles. The summed E-state index contributed by atoms with van der Waals surface area (Å²) in [4.78, 5) is 0.165. The van der Waals surface area contributed by atoms with Gasteiger partial charge >= 0.3 is 0 Å². The van der Waals surface area contributed by atoms with Crippen LogP contribution in [-0.4, -0.2) is 8.42 Å². The summed E-state index contributed by atoms with van der Waals surface area (Å²) < 4.78 is 28.3. The van der Waals surface area contributed by atoms with Gasteiger partial charge in [0.25, 0.3) is 10.0 Å². The van der Waals surface area contributed by atoms with Crippen molar-refractivity contribution in [3.05, 3.63) is 51.4 Å². The van der Waals surface area contributed by atoms with Crippen LogP contribution in [-0.2, 0) is 10.0 Å². The molecular formula is C12H10Br2N2O2S. The molecule has 4 nitrogen and oxygen atoms in total. The molecule has 0 unspecified atom stereocenters. The first-order chi connectivity index (χ1) is 8.88. The van der Waals surface area contributed by atoms with E-state index in [1.807, 2.05) is 0 Å². The van der Waals surface area contributed by atoms with Crippen LogP contribution < -0.4 is 10.5 Å². The zero-order valence-corrected chi connectivity index (χ0v) is 13.6. The molecule has 100 valence electrons. The van der Waals surface area contributed by atoms with Crippen LogP contribution in [0.1, 0.15) is 0 Å². The van der Waals surface area contributed by atoms with Crippen molar-refractivity contribution in [2.45, 2.75) is 4.90 Å². The van der Waals surface area contributed by atoms with Crippen molar-refractivity contribution < 1.29 is 8.42 Å². The molecule has 0 heterocycles. The first-order valence-electron chi connectivity index (χ1n) is 5.22. The second-order valence-electron chi connectivity index (χ2n) is 3.81. The predicted octanol–water partition coefficient (Wildman–Crippen LogP) is 3.59. The summed E-state index contributed by atoms with van der Waals surface area (Å²) in [6.45, 7) is 0. The average molecular weight is 406 g/mol. The van der Waals surface area contributed by atoms with Gasteiger partial charge in [0.2, 0.25) is 0 Å². The van der Waals surface area contributed by atoms with Crippen LogP contribution in [0.15, 0.2) is 56.3 Å². The lowest BCUT2D eigenvalue weighted by molar-refractivity contribution is 0.601. The van der Waals surface area contributed by atoms with Gasteiger partial charge in [-0.2, -0.15) is 0 Å². The van der Waals surface area contributed by atoms with E-state index < -0.39 is 10.0 Å². The molecule has 19 heavy (non-hydrogen) atoms. The fourth-order valence-electron chi connectivity index (χ4n) is 1.51. The third-order valence-electron chi connectivity index (χ3n) is 2.32. The maximum atomic E-state index is 12.2. The zero-order valence-electron chi connectivity index (χ0n) is 9.60. The number of nitrogens with one attached hydrogen (secondary N) is 1. The highest BCUT2D eigenvalue weighted by Gasteiger charge is 2.17. The lowest BCUT2D eigenvalue weighted by Gasteiger charge is -2.10. The van der Waals surface area contributed by atoms with Crippen LogP contribution in [0, 0.1) is 0 Å². The Balaban J connectivity index is 2.38. The van der Waals surface area contributed by atoms with Gasteiger partial charge in [0.15, 0.2) is 0 Å². The normalized spacial score (nSPS) is 11.3. The molecule has 7 heteroatoms. The fourth-order valence-corrected chi connectivity index (χ4v) is 4.30. The van der Waals surface area contributed by atoms with Gasteiger partial charge in [-0.05, 0) is 52.3 Å². The molecule has 0 radical (unpaired) electrons. The van der Waals surface area contributed by atoms with Gasteiger partial charge < -0.3 is 5.73 Å². The maximum Gasteiger partial charge on any atom is 0.263 e. The molecule has 2 aromatic carbocycles. The number of benzene rings is 2. The highest BCUT2D eigenvalue weighted by molar-refractivity contribution is 9.11. The Morgan fingerprint density at radius 3 is 2.42 bits per heavy atom. The number of anilines is 2. The lowest BCUT2D eigenvalue weighted by atomic mass is 10.3. The van der Waals surface area contributed by atoms with E-state index in [-0.39, 0.29) is 4.90 Å². The van der Waals surface area contributed by atoms with E-state index in [1.165, 1.54) is 6.07 Å². The number of hydrogen-bond acceptors (Lipinski definition) is 3. The fraction of sp³-hybridized carbons (Fsp3) is 0. The molecule has 2 aromatic rings. The van der Waals surface area contributed by atoms with Crippen molar-refractivity contribution in [3.63, 3.8) is 0 Å². The summed E-state index contributed by atoms with van der Waals surface area (Å²) in [5.74, 6) is 0. The molecule has 0 bridgehead atoms. The molecular weight excluding hydrogens is 396 g/mol. The number of hydrogen-bond donors (Lipinski definition) is 2. The lowest BCUT2D eigenvalue weighted by Crippen LogP contribution is -2.13. The Morgan fingerprint density at radius 1 is 1.05 bits per heavy atom. The van der Waals surface area contributed by atoms with E-state index in [2.05, 4.69) is 36.6 Å². The van der Waals surface area contributed by atoms with E-state index >= 15 is 0 Å². The van der Waals surface area contributed by atoms with E-state index in [1.54, 1.807) is 36.4 Å². The largest absolute Gasteiger partial charge is 0.399 e. The van der Waals surface area contributed by atoms with E-state index in [4.69, 9.17) is 5.73 Å². The van der Waals surface area contributed by atoms with Crippen LogP contribution >= 0.6 is 31.9 Å². The molecule has 3 N–H and O–H groups in total. The molecule has 0 amide bonds. The summed E-state index contributed by atoms with van der Waals surface area (Å²) in [5.41, 5.74) is 6.54. The maximum absolute atomic E-state index is 12.2. The second-order valence-corrected chi connectivity index (χ2v) is 7.23. The minimum Gasteiger partial charge on any atom is -0.399 e. The Hall–Kier alpha value is -1.05. The summed E-state index contributed by atoms with van der Waals surface area (Å²) in [6.07, 6.45) is 0. The van der Waals surface area contributed by atoms with E-state index in [9.17, 15) is 8.42 Å². The highest BCUT2D eigenvalue weighted by Crippen LogP contribution is 2.27. The average Bonchev–Trinajstić information content (AvgIpc) is 2.27. The van der Waals surface area contributed by atoms with Crippen LogP contribution in [0.3, 0.4) is 0 Å². The Kier molecular flexibility index (Phi) is 4.17. The number of nitrogens with two attached hydrogens (primary N) is 1. The summed E-state index contributed by atoms with van der Waals surface area (Å²) in [7, 11) is -3.65. The number of sulfonamides is 1. The monoisotopic (exact) mass is 404 g/mol. The first-order valence-corrected chi connectivity index (χ1v) is 8.29. The third kappa shape index (κ3) is 3.49. The van der Waals surface area contributed by atoms with Crippen LogP contribution in [0.2, 0.25) is 0 Å². The van der Waals surface area contributed by atoms with Gasteiger partial charge in [0.05, 0.1) is 5.69 Å². The second kappa shape index (κ2) is 5.52. The number of halogens is 2. The van der Waals surface area contributed by atoms with Crippen LogP contribution in [0.5, 0.6) is 0 Å². The number of rotatable bonds is 3. The standard InChI is InChI=1S/C12H10Br2N2O2S/c13-8-4-5-12(11(14)6-8)19(17,18)16-10-3-1-2-9(15)7-10/h1-7,16H,15H2. The van der Waals surface area contributed by atoms with E-state index in [0.717, 1.165) is 4.47 Å². The molecule has 0 atom stereocenters. The van der Waals surface area contributed by atoms with Crippen molar-refractivity contribution in [1.29, 1.82) is 0 Å². The minimum atomic E-state index is -3.65. The summed E-state index contributed by atoms with van der Waals surface area (Å²) in [6, 6.07) is 11.4. The Morgan fingerprint density at radius 2 is 1.79 bits per heavy atom. The molecule has 0 aliphatic rings. The van der Waals surface area contributed by atoms with Gasteiger partial charge in [0.1, 0.15) is 4.90 Å². The summed E-state index contributed by atoms with van der Waals surface area (Å²) in [5, 5.41) is 0. The predicted molar refractivity (Wildman–Crippen MR) is 83.5 cm³/mol. The van der Waals surface area contributed by atoms with Gasteiger partial charge in [-0.1, -0.05) is 22.0 Å². The van der Waals surface area contributed by atoms with Gasteiger partial charge in [-0.3, -0.25) is 4.72 Å². The van der Waals surface area contributed by atoms with Gasteiger partial charge in [-0.25, -0.2) is 8.42 Å². The quantitative estimate of drug-likeness (QED) is 0.766. The molecule has 0 fully saturated rings. The Bertz CT molecular complexity index is 717. The minimum absolute atomic E-state index is 0.165. The van der Waals surface area contributed by atoms with Crippen molar-refractivity contribution in [2.75, 3.05) is 10.5 Å². The third-order valence-corrected chi connectivity index (χ3v) is 5.17. The van der Waals surface area contributed by atoms with Gasteiger partial charge in [-0.15, -0.1) is 0 Å². The molecule has 0 aliphatic carbocycles. The smallest absolute Gasteiger partial charge is 0.263 e. The topological polar surface area (TPSA) is 72.2 Å². The Labute approximate surface area is 128 Å². The molecule has 2 rings (SSSR count). The van der Waals surface area contributed by atoms with Crippen molar-refractivity contribution in [3.8, 4) is 0 Å². The van der Waals surface area contributed by atoms with E-state index in [0.29, 0.717) is 15.8 Å². The first kappa shape index (κ1) is 14.4. The van der Waals surface area contributed by atoms with Crippen LogP contribution in [0.4, 0.5) is 11.4 Å². The van der Waals surface area contributed by atoms with Crippen molar-refractivity contribution in [2.24, 2.45) is 0 Å². The number of nitrogen functional groups attached to an aromatic ring is 1. The van der Waals surface area contributed by atoms with Crippen molar-refractivity contribution in [1.82, 2.24) is 0 Å². The highest BCUT2D eigenvalue weighted by atomic mass is 79.9. The molecule has 0 aromatic heterocycles.